The maximum atomic E-state index is 12.6. The van der Waals surface area contributed by atoms with Crippen LogP contribution >= 0.6 is 0 Å². The van der Waals surface area contributed by atoms with Gasteiger partial charge in [0.2, 0.25) is 0 Å². The van der Waals surface area contributed by atoms with Crippen molar-refractivity contribution in [2.75, 3.05) is 7.11 Å². The van der Waals surface area contributed by atoms with Crippen LogP contribution in [0.3, 0.4) is 0 Å². The molecule has 5 rings (SSSR count). The Balaban J connectivity index is 1.79. The van der Waals surface area contributed by atoms with Crippen LogP contribution in [-0.4, -0.2) is 42.1 Å². The molecule has 0 saturated heterocycles. The minimum absolute atomic E-state index is 0.261. The predicted octanol–water partition coefficient (Wildman–Crippen LogP) is 2.03. The molecule has 2 N–H and O–H groups in total. The number of aromatic nitrogens is 7. The van der Waals surface area contributed by atoms with Crippen molar-refractivity contribution in [2.24, 2.45) is 0 Å². The first kappa shape index (κ1) is 15.3. The third-order valence-electron chi connectivity index (χ3n) is 4.39. The highest BCUT2D eigenvalue weighted by atomic mass is 16.5. The van der Waals surface area contributed by atoms with E-state index in [9.17, 15) is 4.79 Å². The second kappa shape index (κ2) is 5.77. The lowest BCUT2D eigenvalue weighted by molar-refractivity contribution is 0.420. The molecule has 4 aromatic heterocycles. The first-order valence-electron chi connectivity index (χ1n) is 8.17. The van der Waals surface area contributed by atoms with Gasteiger partial charge in [-0.2, -0.15) is 9.61 Å². The molecule has 0 spiro atoms. The van der Waals surface area contributed by atoms with Crippen LogP contribution in [-0.2, 0) is 0 Å². The maximum absolute atomic E-state index is 12.6. The number of rotatable bonds is 3. The van der Waals surface area contributed by atoms with Gasteiger partial charge < -0.3 is 9.72 Å². The molecule has 0 aliphatic carbocycles. The Morgan fingerprint density at radius 2 is 2.07 bits per heavy atom. The van der Waals surface area contributed by atoms with E-state index in [1.165, 1.54) is 10.6 Å². The molecule has 0 aliphatic heterocycles. The van der Waals surface area contributed by atoms with Crippen LogP contribution in [0.5, 0.6) is 5.75 Å². The number of H-pyrrole nitrogens is 2. The summed E-state index contributed by atoms with van der Waals surface area (Å²) < 4.78 is 6.85. The second-order valence-corrected chi connectivity index (χ2v) is 5.91. The summed E-state index contributed by atoms with van der Waals surface area (Å²) in [5.74, 6) is 0.528. The molecule has 0 saturated carbocycles. The number of ether oxygens (including phenoxy) is 1. The number of methoxy groups -OCH3 is 1. The molecule has 0 amide bonds. The van der Waals surface area contributed by atoms with Crippen molar-refractivity contribution >= 4 is 16.7 Å². The first-order valence-corrected chi connectivity index (χ1v) is 8.17. The summed E-state index contributed by atoms with van der Waals surface area (Å²) in [4.78, 5) is 20.2. The monoisotopic (exact) mass is 359 g/mol. The van der Waals surface area contributed by atoms with Gasteiger partial charge in [-0.05, 0) is 24.3 Å². The molecule has 4 heterocycles. The van der Waals surface area contributed by atoms with Crippen molar-refractivity contribution in [1.82, 2.24) is 35.0 Å². The molecule has 0 radical (unpaired) electrons. The molecule has 9 heteroatoms. The van der Waals surface area contributed by atoms with Crippen molar-refractivity contribution in [3.63, 3.8) is 0 Å². The van der Waals surface area contributed by atoms with E-state index in [0.717, 1.165) is 16.8 Å². The van der Waals surface area contributed by atoms with Crippen molar-refractivity contribution in [3.8, 4) is 28.3 Å². The Bertz CT molecular complexity index is 1330. The van der Waals surface area contributed by atoms with Crippen LogP contribution in [0.15, 0.2) is 53.6 Å². The van der Waals surface area contributed by atoms with Crippen molar-refractivity contribution in [1.29, 1.82) is 0 Å². The van der Waals surface area contributed by atoms with E-state index >= 15 is 0 Å². The highest BCUT2D eigenvalue weighted by Crippen LogP contribution is 2.34. The van der Waals surface area contributed by atoms with Crippen LogP contribution in [0, 0.1) is 0 Å². The van der Waals surface area contributed by atoms with Gasteiger partial charge >= 0.3 is 0 Å². The van der Waals surface area contributed by atoms with Gasteiger partial charge in [0.15, 0.2) is 11.3 Å². The number of nitrogens with one attached hydrogen (secondary N) is 2. The average Bonchev–Trinajstić information content (AvgIpc) is 3.34. The van der Waals surface area contributed by atoms with E-state index in [-0.39, 0.29) is 5.56 Å². The number of benzene rings is 1. The number of fused-ring (bicyclic) bond motifs is 2. The fraction of sp³-hybridized carbons (Fsp3) is 0.0556. The smallest absolute Gasteiger partial charge is 0.274 e. The fourth-order valence-electron chi connectivity index (χ4n) is 3.15. The van der Waals surface area contributed by atoms with E-state index < -0.39 is 0 Å². The lowest BCUT2D eigenvalue weighted by atomic mass is 10.1. The van der Waals surface area contributed by atoms with Crippen LogP contribution in [0.1, 0.15) is 0 Å². The SMILES string of the molecule is COc1c(-c2cc(=O)n3ncc(-c4ccccn4)c3[nH]2)ccc2[nH]nnc12. The Labute approximate surface area is 151 Å². The van der Waals surface area contributed by atoms with Crippen LogP contribution in [0.4, 0.5) is 0 Å². The molecule has 9 nitrogen and oxygen atoms in total. The Kier molecular flexibility index (Phi) is 3.26. The highest BCUT2D eigenvalue weighted by Gasteiger charge is 2.17. The highest BCUT2D eigenvalue weighted by molar-refractivity contribution is 5.89. The largest absolute Gasteiger partial charge is 0.494 e. The minimum atomic E-state index is -0.261. The number of aromatic amines is 2. The number of pyridine rings is 1. The molecule has 27 heavy (non-hydrogen) atoms. The maximum Gasteiger partial charge on any atom is 0.274 e. The molecular weight excluding hydrogens is 346 g/mol. The number of hydrogen-bond acceptors (Lipinski definition) is 6. The van der Waals surface area contributed by atoms with Crippen molar-refractivity contribution < 1.29 is 4.74 Å². The second-order valence-electron chi connectivity index (χ2n) is 5.91. The standard InChI is InChI=1S/C18H13N7O2/c1-27-17-10(5-6-13-16(17)23-24-22-13)14-8-15(26)25-18(21-14)11(9-20-25)12-4-2-3-7-19-12/h2-9,21H,1H3,(H,22,23,24). The van der Waals surface area contributed by atoms with Crippen LogP contribution in [0.25, 0.3) is 39.2 Å². The summed E-state index contributed by atoms with van der Waals surface area (Å²) in [5.41, 5.74) is 4.38. The summed E-state index contributed by atoms with van der Waals surface area (Å²) in [6.07, 6.45) is 3.32. The zero-order valence-corrected chi connectivity index (χ0v) is 14.2. The Morgan fingerprint density at radius 3 is 2.89 bits per heavy atom. The Morgan fingerprint density at radius 1 is 1.15 bits per heavy atom. The first-order chi connectivity index (χ1) is 13.3. The summed E-state index contributed by atoms with van der Waals surface area (Å²) in [6.45, 7) is 0. The normalized spacial score (nSPS) is 11.3. The quantitative estimate of drug-likeness (QED) is 0.509. The Hall–Kier alpha value is -4.01. The molecular formula is C18H13N7O2. The fourth-order valence-corrected chi connectivity index (χ4v) is 3.15. The van der Waals surface area contributed by atoms with Gasteiger partial charge in [-0.1, -0.05) is 11.3 Å². The lowest BCUT2D eigenvalue weighted by Crippen LogP contribution is -2.14. The molecule has 0 bridgehead atoms. The summed E-state index contributed by atoms with van der Waals surface area (Å²) >= 11 is 0. The van der Waals surface area contributed by atoms with Gasteiger partial charge in [-0.15, -0.1) is 5.10 Å². The van der Waals surface area contributed by atoms with Crippen LogP contribution < -0.4 is 10.3 Å². The van der Waals surface area contributed by atoms with E-state index in [1.54, 1.807) is 19.5 Å². The van der Waals surface area contributed by atoms with Gasteiger partial charge in [-0.25, -0.2) is 0 Å². The molecule has 0 fully saturated rings. The molecule has 0 atom stereocenters. The van der Waals surface area contributed by atoms with E-state index in [1.807, 2.05) is 30.3 Å². The van der Waals surface area contributed by atoms with Gasteiger partial charge in [-0.3, -0.25) is 14.9 Å². The van der Waals surface area contributed by atoms with Gasteiger partial charge in [0.05, 0.1) is 35.8 Å². The number of hydrogen-bond donors (Lipinski definition) is 2. The van der Waals surface area contributed by atoms with Crippen molar-refractivity contribution in [2.45, 2.75) is 0 Å². The van der Waals surface area contributed by atoms with E-state index in [2.05, 4.69) is 30.5 Å². The average molecular weight is 359 g/mol. The molecule has 132 valence electrons. The van der Waals surface area contributed by atoms with Gasteiger partial charge in [0, 0.05) is 17.8 Å². The van der Waals surface area contributed by atoms with E-state index in [4.69, 9.17) is 4.74 Å². The predicted molar refractivity (Wildman–Crippen MR) is 98.5 cm³/mol. The molecule has 5 aromatic rings. The molecule has 1 aromatic carbocycles. The molecule has 0 aliphatic rings. The summed E-state index contributed by atoms with van der Waals surface area (Å²) in [7, 11) is 1.56. The van der Waals surface area contributed by atoms with Crippen molar-refractivity contribution in [3.05, 3.63) is 59.1 Å². The van der Waals surface area contributed by atoms with Crippen LogP contribution in [0.2, 0.25) is 0 Å². The van der Waals surface area contributed by atoms with E-state index in [0.29, 0.717) is 28.2 Å². The number of nitrogens with zero attached hydrogens (tertiary/aromatic N) is 5. The zero-order valence-electron chi connectivity index (χ0n) is 14.2. The third-order valence-corrected chi connectivity index (χ3v) is 4.39. The van der Waals surface area contributed by atoms with Gasteiger partial charge in [0.1, 0.15) is 5.65 Å². The molecule has 0 unspecified atom stereocenters. The third kappa shape index (κ3) is 2.29. The topological polar surface area (TPSA) is 114 Å². The minimum Gasteiger partial charge on any atom is -0.494 e. The summed E-state index contributed by atoms with van der Waals surface area (Å²) in [5, 5.41) is 14.9. The zero-order chi connectivity index (χ0) is 18.4. The lowest BCUT2D eigenvalue weighted by Gasteiger charge is -2.09. The summed E-state index contributed by atoms with van der Waals surface area (Å²) in [6, 6.07) is 10.7. The van der Waals surface area contributed by atoms with Gasteiger partial charge in [0.25, 0.3) is 5.56 Å².